The lowest BCUT2D eigenvalue weighted by Gasteiger charge is -2.26. The van der Waals surface area contributed by atoms with Crippen molar-refractivity contribution in [2.45, 2.75) is 31.2 Å². The van der Waals surface area contributed by atoms with Gasteiger partial charge in [0.15, 0.2) is 0 Å². The highest BCUT2D eigenvalue weighted by Gasteiger charge is 2.27. The smallest absolute Gasteiger partial charge is 0.251 e. The summed E-state index contributed by atoms with van der Waals surface area (Å²) in [7, 11) is -2.03. The van der Waals surface area contributed by atoms with Crippen LogP contribution in [0.2, 0.25) is 0 Å². The van der Waals surface area contributed by atoms with E-state index in [-0.39, 0.29) is 16.8 Å². The Morgan fingerprint density at radius 3 is 2.57 bits per heavy atom. The molecule has 0 bridgehead atoms. The van der Waals surface area contributed by atoms with E-state index >= 15 is 0 Å². The van der Waals surface area contributed by atoms with Gasteiger partial charge in [0.1, 0.15) is 5.75 Å². The molecule has 1 unspecified atom stereocenters. The second kappa shape index (κ2) is 9.59. The monoisotopic (exact) mass is 432 g/mol. The van der Waals surface area contributed by atoms with Gasteiger partial charge in [-0.2, -0.15) is 4.31 Å². The Balaban J connectivity index is 1.79. The molecule has 1 aliphatic heterocycles. The Morgan fingerprint density at radius 2 is 1.93 bits per heavy atom. The molecule has 30 heavy (non-hydrogen) atoms. The molecule has 0 aliphatic carbocycles. The third-order valence-electron chi connectivity index (χ3n) is 5.24. The Kier molecular flexibility index (Phi) is 7.12. The number of nitrogens with one attached hydrogen (secondary N) is 1. The minimum atomic E-state index is -3.66. The first-order valence-corrected chi connectivity index (χ1v) is 11.4. The molecule has 0 radical (unpaired) electrons. The van der Waals surface area contributed by atoms with Crippen LogP contribution in [0.3, 0.4) is 0 Å². The van der Waals surface area contributed by atoms with E-state index in [0.29, 0.717) is 38.3 Å². The van der Waals surface area contributed by atoms with Gasteiger partial charge in [0.25, 0.3) is 5.91 Å². The first-order chi connectivity index (χ1) is 14.4. The zero-order valence-corrected chi connectivity index (χ0v) is 18.4. The van der Waals surface area contributed by atoms with Gasteiger partial charge in [-0.25, -0.2) is 8.42 Å². The average molecular weight is 433 g/mol. The summed E-state index contributed by atoms with van der Waals surface area (Å²) in [6, 6.07) is 11.8. The summed E-state index contributed by atoms with van der Waals surface area (Å²) in [5, 5.41) is 3.01. The molecule has 3 rings (SSSR count). The zero-order chi connectivity index (χ0) is 21.7. The fourth-order valence-electron chi connectivity index (χ4n) is 3.51. The molecule has 0 saturated carbocycles. The number of aryl methyl sites for hydroxylation is 1. The van der Waals surface area contributed by atoms with Gasteiger partial charge >= 0.3 is 0 Å². The number of carbonyl (C=O) groups excluding carboxylic acids is 1. The summed E-state index contributed by atoms with van der Waals surface area (Å²) < 4.78 is 37.7. The maximum atomic E-state index is 12.9. The highest BCUT2D eigenvalue weighted by atomic mass is 32.2. The van der Waals surface area contributed by atoms with Crippen LogP contribution in [0.5, 0.6) is 5.75 Å². The van der Waals surface area contributed by atoms with Crippen molar-refractivity contribution in [3.8, 4) is 5.75 Å². The fourth-order valence-corrected chi connectivity index (χ4v) is 4.97. The van der Waals surface area contributed by atoms with Gasteiger partial charge in [-0.1, -0.05) is 25.1 Å². The summed E-state index contributed by atoms with van der Waals surface area (Å²) >= 11 is 0. The van der Waals surface area contributed by atoms with Crippen molar-refractivity contribution in [1.82, 2.24) is 9.62 Å². The second-order valence-electron chi connectivity index (χ2n) is 7.21. The van der Waals surface area contributed by atoms with E-state index in [4.69, 9.17) is 9.47 Å². The summed E-state index contributed by atoms with van der Waals surface area (Å²) in [5.74, 6) is 0.482. The van der Waals surface area contributed by atoms with Crippen molar-refractivity contribution in [1.29, 1.82) is 0 Å². The van der Waals surface area contributed by atoms with Crippen LogP contribution in [0.4, 0.5) is 0 Å². The first kappa shape index (κ1) is 22.3. The number of methoxy groups -OCH3 is 1. The number of hydrogen-bond donors (Lipinski definition) is 1. The molecule has 1 N–H and O–H groups in total. The minimum Gasteiger partial charge on any atom is -0.496 e. The number of ether oxygens (including phenoxy) is 2. The van der Waals surface area contributed by atoms with Crippen LogP contribution in [0.25, 0.3) is 0 Å². The Labute approximate surface area is 178 Å². The molecular weight excluding hydrogens is 404 g/mol. The first-order valence-electron chi connectivity index (χ1n) is 10.00. The Morgan fingerprint density at radius 1 is 1.20 bits per heavy atom. The van der Waals surface area contributed by atoms with Crippen LogP contribution in [-0.2, 0) is 14.8 Å². The van der Waals surface area contributed by atoms with Crippen LogP contribution in [0.15, 0.2) is 47.4 Å². The van der Waals surface area contributed by atoms with E-state index in [1.54, 1.807) is 19.2 Å². The van der Waals surface area contributed by atoms with E-state index in [9.17, 15) is 13.2 Å². The van der Waals surface area contributed by atoms with Gasteiger partial charge in [0.05, 0.1) is 31.3 Å². The summed E-state index contributed by atoms with van der Waals surface area (Å²) in [5.41, 5.74) is 2.27. The van der Waals surface area contributed by atoms with Crippen LogP contribution in [0, 0.1) is 6.92 Å². The molecule has 7 nitrogen and oxygen atoms in total. The highest BCUT2D eigenvalue weighted by Crippen LogP contribution is 2.25. The molecule has 1 heterocycles. The van der Waals surface area contributed by atoms with Crippen molar-refractivity contribution >= 4 is 15.9 Å². The largest absolute Gasteiger partial charge is 0.496 e. The van der Waals surface area contributed by atoms with E-state index in [0.717, 1.165) is 16.9 Å². The van der Waals surface area contributed by atoms with Gasteiger partial charge in [-0.05, 0) is 48.7 Å². The molecule has 1 atom stereocenters. The molecule has 2 aromatic rings. The van der Waals surface area contributed by atoms with Gasteiger partial charge in [0, 0.05) is 18.7 Å². The van der Waals surface area contributed by atoms with Gasteiger partial charge in [0.2, 0.25) is 10.0 Å². The lowest BCUT2D eigenvalue weighted by Crippen LogP contribution is -2.40. The van der Waals surface area contributed by atoms with Gasteiger partial charge in [-0.3, -0.25) is 4.79 Å². The topological polar surface area (TPSA) is 84.9 Å². The molecule has 0 aromatic heterocycles. The molecule has 1 aliphatic rings. The summed E-state index contributed by atoms with van der Waals surface area (Å²) in [4.78, 5) is 13.0. The molecule has 8 heteroatoms. The zero-order valence-electron chi connectivity index (χ0n) is 17.6. The summed E-state index contributed by atoms with van der Waals surface area (Å²) in [6.45, 7) is 5.32. The van der Waals surface area contributed by atoms with Crippen molar-refractivity contribution in [3.63, 3.8) is 0 Å². The number of rotatable bonds is 7. The van der Waals surface area contributed by atoms with Crippen LogP contribution in [0.1, 0.15) is 40.9 Å². The third kappa shape index (κ3) is 4.83. The second-order valence-corrected chi connectivity index (χ2v) is 9.15. The maximum absolute atomic E-state index is 12.9. The van der Waals surface area contributed by atoms with Crippen molar-refractivity contribution < 1.29 is 22.7 Å². The molecule has 1 amide bonds. The average Bonchev–Trinajstić information content (AvgIpc) is 2.78. The normalized spacial score (nSPS) is 16.1. The third-order valence-corrected chi connectivity index (χ3v) is 7.13. The van der Waals surface area contributed by atoms with E-state index in [2.05, 4.69) is 5.32 Å². The minimum absolute atomic E-state index is 0.116. The quantitative estimate of drug-likeness (QED) is 0.727. The van der Waals surface area contributed by atoms with Gasteiger partial charge < -0.3 is 14.8 Å². The van der Waals surface area contributed by atoms with Crippen molar-refractivity contribution in [2.24, 2.45) is 0 Å². The maximum Gasteiger partial charge on any atom is 0.251 e. The molecular formula is C22H28N2O5S. The number of carbonyl (C=O) groups is 1. The molecule has 162 valence electrons. The Bertz CT molecular complexity index is 1000. The molecule has 0 spiro atoms. The predicted octanol–water partition coefficient (Wildman–Crippen LogP) is 2.91. The predicted molar refractivity (Wildman–Crippen MR) is 114 cm³/mol. The van der Waals surface area contributed by atoms with Crippen molar-refractivity contribution in [2.75, 3.05) is 33.4 Å². The van der Waals surface area contributed by atoms with Crippen LogP contribution < -0.4 is 10.1 Å². The number of nitrogens with zero attached hydrogens (tertiary/aromatic N) is 1. The molecule has 1 saturated heterocycles. The van der Waals surface area contributed by atoms with E-state index in [1.807, 2.05) is 32.0 Å². The number of benzene rings is 2. The van der Waals surface area contributed by atoms with Crippen LogP contribution >= 0.6 is 0 Å². The number of morpholine rings is 1. The lowest BCUT2D eigenvalue weighted by atomic mass is 10.0. The van der Waals surface area contributed by atoms with E-state index < -0.39 is 10.0 Å². The Hall–Kier alpha value is -2.42. The van der Waals surface area contributed by atoms with Gasteiger partial charge in [-0.15, -0.1) is 0 Å². The number of hydrogen-bond acceptors (Lipinski definition) is 5. The number of amides is 1. The van der Waals surface area contributed by atoms with E-state index in [1.165, 1.54) is 16.4 Å². The summed E-state index contributed by atoms with van der Waals surface area (Å²) in [6.07, 6.45) is 0.698. The SMILES string of the molecule is CCC(NC(=O)c1cccc(S(=O)(=O)N2CCOCC2)c1)c1ccc(OC)c(C)c1. The standard InChI is InChI=1S/C22H28N2O5S/c1-4-20(17-8-9-21(28-3)16(2)14-17)23-22(25)18-6-5-7-19(15-18)30(26,27)24-10-12-29-13-11-24/h5-9,14-15,20H,4,10-13H2,1-3H3,(H,23,25). The number of sulfonamides is 1. The van der Waals surface area contributed by atoms with Crippen LogP contribution in [-0.4, -0.2) is 52.0 Å². The molecule has 1 fully saturated rings. The highest BCUT2D eigenvalue weighted by molar-refractivity contribution is 7.89. The fraction of sp³-hybridized carbons (Fsp3) is 0.409. The lowest BCUT2D eigenvalue weighted by molar-refractivity contribution is 0.0730. The van der Waals surface area contributed by atoms with Crippen molar-refractivity contribution in [3.05, 3.63) is 59.2 Å². The molecule has 2 aromatic carbocycles.